The molecule has 1 heterocycles. The van der Waals surface area contributed by atoms with Crippen molar-refractivity contribution in [2.24, 2.45) is 0 Å². The molecule has 8 heteroatoms. The number of hydrogen-bond donors (Lipinski definition) is 1. The Morgan fingerprint density at radius 1 is 1.26 bits per heavy atom. The van der Waals surface area contributed by atoms with Crippen LogP contribution in [0.15, 0.2) is 58.2 Å². The van der Waals surface area contributed by atoms with Crippen LogP contribution < -0.4 is 10.1 Å². The largest absolute Gasteiger partial charge is 0.484 e. The highest BCUT2D eigenvalue weighted by atomic mass is 32.2. The number of anilines is 1. The van der Waals surface area contributed by atoms with Crippen LogP contribution in [-0.4, -0.2) is 21.4 Å². The maximum Gasteiger partial charge on any atom is 0.277 e. The van der Waals surface area contributed by atoms with Crippen LogP contribution in [0.25, 0.3) is 0 Å². The molecule has 0 fully saturated rings. The van der Waals surface area contributed by atoms with Crippen LogP contribution in [0.1, 0.15) is 18.4 Å². The molecule has 0 aliphatic rings. The van der Waals surface area contributed by atoms with E-state index in [0.717, 1.165) is 17.3 Å². The standard InChI is InChI=1S/C19H18FN3O3S/c1-12-5-3-8-16(9-12)25-11-17-22-23-19(26-17)27-13(2)18(24)21-15-7-4-6-14(20)10-15/h3-10,13H,11H2,1-2H3,(H,21,24). The van der Waals surface area contributed by atoms with E-state index in [9.17, 15) is 9.18 Å². The molecule has 0 aliphatic heterocycles. The monoisotopic (exact) mass is 387 g/mol. The van der Waals surface area contributed by atoms with Crippen molar-refractivity contribution in [2.45, 2.75) is 30.9 Å². The quantitative estimate of drug-likeness (QED) is 0.612. The fourth-order valence-corrected chi connectivity index (χ4v) is 2.91. The fourth-order valence-electron chi connectivity index (χ4n) is 2.21. The Morgan fingerprint density at radius 2 is 2.07 bits per heavy atom. The van der Waals surface area contributed by atoms with Crippen LogP contribution in [0.3, 0.4) is 0 Å². The van der Waals surface area contributed by atoms with Gasteiger partial charge < -0.3 is 14.5 Å². The van der Waals surface area contributed by atoms with Crippen molar-refractivity contribution in [3.63, 3.8) is 0 Å². The number of ether oxygens (including phenoxy) is 1. The average molecular weight is 387 g/mol. The van der Waals surface area contributed by atoms with Crippen LogP contribution in [0.4, 0.5) is 10.1 Å². The van der Waals surface area contributed by atoms with Gasteiger partial charge in [0.05, 0.1) is 5.25 Å². The minimum Gasteiger partial charge on any atom is -0.484 e. The average Bonchev–Trinajstić information content (AvgIpc) is 3.07. The predicted octanol–water partition coefficient (Wildman–Crippen LogP) is 4.22. The zero-order valence-corrected chi connectivity index (χ0v) is 15.6. The first-order chi connectivity index (χ1) is 13.0. The van der Waals surface area contributed by atoms with Gasteiger partial charge in [-0.3, -0.25) is 4.79 Å². The molecule has 1 atom stereocenters. The summed E-state index contributed by atoms with van der Waals surface area (Å²) in [5.41, 5.74) is 1.48. The fraction of sp³-hybridized carbons (Fsp3) is 0.211. The van der Waals surface area contributed by atoms with E-state index in [-0.39, 0.29) is 17.7 Å². The first kappa shape index (κ1) is 18.9. The second kappa shape index (κ2) is 8.68. The number of aryl methyl sites for hydroxylation is 1. The van der Waals surface area contributed by atoms with Crippen LogP contribution in [0.5, 0.6) is 5.75 Å². The Labute approximate surface area is 160 Å². The summed E-state index contributed by atoms with van der Waals surface area (Å²) < 4.78 is 24.3. The highest BCUT2D eigenvalue weighted by Gasteiger charge is 2.19. The zero-order valence-electron chi connectivity index (χ0n) is 14.8. The summed E-state index contributed by atoms with van der Waals surface area (Å²) in [6, 6.07) is 13.3. The minimum absolute atomic E-state index is 0.140. The predicted molar refractivity (Wildman–Crippen MR) is 100 cm³/mol. The van der Waals surface area contributed by atoms with Crippen molar-refractivity contribution >= 4 is 23.4 Å². The molecule has 1 unspecified atom stereocenters. The molecule has 0 spiro atoms. The summed E-state index contributed by atoms with van der Waals surface area (Å²) in [6.07, 6.45) is 0. The lowest BCUT2D eigenvalue weighted by Gasteiger charge is -2.09. The topological polar surface area (TPSA) is 77.2 Å². The first-order valence-corrected chi connectivity index (χ1v) is 9.12. The smallest absolute Gasteiger partial charge is 0.277 e. The molecule has 0 saturated heterocycles. The number of nitrogens with zero attached hydrogens (tertiary/aromatic N) is 2. The van der Waals surface area contributed by atoms with Gasteiger partial charge in [-0.2, -0.15) is 0 Å². The molecule has 1 N–H and O–H groups in total. The van der Waals surface area contributed by atoms with E-state index in [0.29, 0.717) is 17.3 Å². The van der Waals surface area contributed by atoms with Crippen molar-refractivity contribution in [1.82, 2.24) is 10.2 Å². The normalized spacial score (nSPS) is 11.8. The first-order valence-electron chi connectivity index (χ1n) is 8.24. The van der Waals surface area contributed by atoms with Crippen molar-refractivity contribution < 1.29 is 18.3 Å². The van der Waals surface area contributed by atoms with Gasteiger partial charge in [0.2, 0.25) is 5.91 Å². The number of amides is 1. The lowest BCUT2D eigenvalue weighted by molar-refractivity contribution is -0.115. The molecular weight excluding hydrogens is 369 g/mol. The number of carbonyl (C=O) groups excluding carboxylic acids is 1. The Balaban J connectivity index is 1.52. The Bertz CT molecular complexity index is 932. The highest BCUT2D eigenvalue weighted by Crippen LogP contribution is 2.24. The van der Waals surface area contributed by atoms with E-state index in [4.69, 9.17) is 9.15 Å². The van der Waals surface area contributed by atoms with Gasteiger partial charge in [-0.15, -0.1) is 10.2 Å². The molecule has 0 radical (unpaired) electrons. The minimum atomic E-state index is -0.501. The molecule has 140 valence electrons. The lowest BCUT2D eigenvalue weighted by atomic mass is 10.2. The summed E-state index contributed by atoms with van der Waals surface area (Å²) in [5.74, 6) is 0.326. The molecule has 27 heavy (non-hydrogen) atoms. The highest BCUT2D eigenvalue weighted by molar-refractivity contribution is 8.00. The van der Waals surface area contributed by atoms with Gasteiger partial charge in [0, 0.05) is 5.69 Å². The molecule has 3 aromatic rings. The third-order valence-corrected chi connectivity index (χ3v) is 4.47. The Kier molecular flexibility index (Phi) is 6.08. The molecule has 6 nitrogen and oxygen atoms in total. The number of hydrogen-bond acceptors (Lipinski definition) is 6. The molecule has 0 aliphatic carbocycles. The molecule has 0 saturated carbocycles. The zero-order chi connectivity index (χ0) is 19.2. The van der Waals surface area contributed by atoms with E-state index in [1.807, 2.05) is 31.2 Å². The van der Waals surface area contributed by atoms with Crippen LogP contribution in [0, 0.1) is 12.7 Å². The number of benzene rings is 2. The third-order valence-electron chi connectivity index (χ3n) is 3.54. The molecule has 2 aromatic carbocycles. The maximum absolute atomic E-state index is 13.2. The van der Waals surface area contributed by atoms with Crippen molar-refractivity contribution in [3.8, 4) is 5.75 Å². The number of thioether (sulfide) groups is 1. The van der Waals surface area contributed by atoms with Gasteiger partial charge in [0.25, 0.3) is 11.1 Å². The second-order valence-electron chi connectivity index (χ2n) is 5.83. The van der Waals surface area contributed by atoms with E-state index in [1.54, 1.807) is 13.0 Å². The van der Waals surface area contributed by atoms with Gasteiger partial charge in [-0.25, -0.2) is 4.39 Å². The van der Waals surface area contributed by atoms with Gasteiger partial charge in [-0.05, 0) is 49.7 Å². The molecule has 1 aromatic heterocycles. The van der Waals surface area contributed by atoms with E-state index in [1.165, 1.54) is 18.2 Å². The van der Waals surface area contributed by atoms with Gasteiger partial charge in [-0.1, -0.05) is 30.0 Å². The third kappa shape index (κ3) is 5.55. The van der Waals surface area contributed by atoms with Gasteiger partial charge >= 0.3 is 0 Å². The van der Waals surface area contributed by atoms with Crippen LogP contribution >= 0.6 is 11.8 Å². The Morgan fingerprint density at radius 3 is 2.85 bits per heavy atom. The number of rotatable bonds is 7. The lowest BCUT2D eigenvalue weighted by Crippen LogP contribution is -2.22. The number of carbonyl (C=O) groups is 1. The maximum atomic E-state index is 13.2. The molecule has 1 amide bonds. The number of aromatic nitrogens is 2. The molecule has 3 rings (SSSR count). The van der Waals surface area contributed by atoms with E-state index in [2.05, 4.69) is 15.5 Å². The summed E-state index contributed by atoms with van der Waals surface area (Å²) in [6.45, 7) is 3.82. The Hall–Kier alpha value is -2.87. The molecular formula is C19H18FN3O3S. The van der Waals surface area contributed by atoms with Crippen LogP contribution in [0.2, 0.25) is 0 Å². The van der Waals surface area contributed by atoms with Crippen molar-refractivity contribution in [2.75, 3.05) is 5.32 Å². The van der Waals surface area contributed by atoms with Crippen LogP contribution in [-0.2, 0) is 11.4 Å². The number of nitrogens with one attached hydrogen (secondary N) is 1. The SMILES string of the molecule is Cc1cccc(OCc2nnc(SC(C)C(=O)Nc3cccc(F)c3)o2)c1. The number of halogens is 1. The summed E-state index contributed by atoms with van der Waals surface area (Å²) in [4.78, 5) is 12.2. The van der Waals surface area contributed by atoms with Gasteiger partial charge in [0.15, 0.2) is 6.61 Å². The summed E-state index contributed by atoms with van der Waals surface area (Å²) in [7, 11) is 0. The van der Waals surface area contributed by atoms with E-state index >= 15 is 0 Å². The summed E-state index contributed by atoms with van der Waals surface area (Å²) >= 11 is 1.12. The molecule has 0 bridgehead atoms. The van der Waals surface area contributed by atoms with Gasteiger partial charge in [0.1, 0.15) is 11.6 Å². The second-order valence-corrected chi connectivity index (χ2v) is 7.12. The summed E-state index contributed by atoms with van der Waals surface area (Å²) in [5, 5.41) is 10.2. The van der Waals surface area contributed by atoms with E-state index < -0.39 is 11.1 Å². The van der Waals surface area contributed by atoms with Crippen molar-refractivity contribution in [1.29, 1.82) is 0 Å². The van der Waals surface area contributed by atoms with Crippen molar-refractivity contribution in [3.05, 3.63) is 65.8 Å².